The van der Waals surface area contributed by atoms with Gasteiger partial charge in [-0.25, -0.2) is 0 Å². The first-order chi connectivity index (χ1) is 9.03. The number of rotatable bonds is 8. The Kier molecular flexibility index (Phi) is 6.89. The van der Waals surface area contributed by atoms with Gasteiger partial charge in [-0.3, -0.25) is 0 Å². The van der Waals surface area contributed by atoms with Crippen LogP contribution in [0.25, 0.3) is 0 Å². The summed E-state index contributed by atoms with van der Waals surface area (Å²) < 4.78 is 10.9. The van der Waals surface area contributed by atoms with E-state index in [-0.39, 0.29) is 5.54 Å². The molecule has 0 spiro atoms. The van der Waals surface area contributed by atoms with Crippen LogP contribution in [0.5, 0.6) is 5.75 Å². The van der Waals surface area contributed by atoms with Crippen molar-refractivity contribution < 1.29 is 9.47 Å². The summed E-state index contributed by atoms with van der Waals surface area (Å²) in [5.41, 5.74) is 1.33. The Morgan fingerprint density at radius 2 is 1.74 bits per heavy atom. The average Bonchev–Trinajstić information content (AvgIpc) is 2.36. The molecule has 0 amide bonds. The van der Waals surface area contributed by atoms with Gasteiger partial charge in [0, 0.05) is 31.4 Å². The van der Waals surface area contributed by atoms with Crippen molar-refractivity contribution in [2.45, 2.75) is 45.7 Å². The van der Waals surface area contributed by atoms with Crippen molar-refractivity contribution in [3.63, 3.8) is 0 Å². The zero-order valence-electron chi connectivity index (χ0n) is 12.7. The average molecular weight is 265 g/mol. The standard InChI is InChI=1S/C16H27NO2/c1-16(2,3)17-13-14-9-5-6-10-15(14)19-12-8-7-11-18-4/h5-6,9-10,17H,7-8,11-13H2,1-4H3. The number of unbranched alkanes of at least 4 members (excludes halogenated alkanes) is 1. The summed E-state index contributed by atoms with van der Waals surface area (Å²) in [6.45, 7) is 8.88. The van der Waals surface area contributed by atoms with Crippen LogP contribution in [0.1, 0.15) is 39.2 Å². The normalized spacial score (nSPS) is 11.6. The molecule has 0 radical (unpaired) electrons. The van der Waals surface area contributed by atoms with Crippen molar-refractivity contribution in [1.82, 2.24) is 5.32 Å². The quantitative estimate of drug-likeness (QED) is 0.731. The highest BCUT2D eigenvalue weighted by Crippen LogP contribution is 2.19. The van der Waals surface area contributed by atoms with Gasteiger partial charge in [-0.05, 0) is 39.7 Å². The highest BCUT2D eigenvalue weighted by molar-refractivity contribution is 5.33. The van der Waals surface area contributed by atoms with E-state index in [2.05, 4.69) is 38.2 Å². The number of benzene rings is 1. The fourth-order valence-electron chi connectivity index (χ4n) is 1.68. The second kappa shape index (κ2) is 8.18. The van der Waals surface area contributed by atoms with Gasteiger partial charge in [0.05, 0.1) is 6.61 Å². The van der Waals surface area contributed by atoms with Gasteiger partial charge in [0.2, 0.25) is 0 Å². The Balaban J connectivity index is 2.44. The summed E-state index contributed by atoms with van der Waals surface area (Å²) in [7, 11) is 1.73. The fraction of sp³-hybridized carbons (Fsp3) is 0.625. The minimum absolute atomic E-state index is 0.117. The predicted octanol–water partition coefficient (Wildman–Crippen LogP) is 3.38. The zero-order chi connectivity index (χ0) is 14.1. The van der Waals surface area contributed by atoms with Crippen LogP contribution in [-0.2, 0) is 11.3 Å². The molecular formula is C16H27NO2. The third-order valence-corrected chi connectivity index (χ3v) is 2.78. The van der Waals surface area contributed by atoms with Gasteiger partial charge in [0.1, 0.15) is 5.75 Å². The number of hydrogen-bond acceptors (Lipinski definition) is 3. The maximum atomic E-state index is 5.85. The molecule has 0 aliphatic heterocycles. The second-order valence-electron chi connectivity index (χ2n) is 5.76. The molecule has 19 heavy (non-hydrogen) atoms. The SMILES string of the molecule is COCCCCOc1ccccc1CNC(C)(C)C. The van der Waals surface area contributed by atoms with Crippen molar-refractivity contribution >= 4 is 0 Å². The molecule has 108 valence electrons. The minimum atomic E-state index is 0.117. The van der Waals surface area contributed by atoms with E-state index in [9.17, 15) is 0 Å². The smallest absolute Gasteiger partial charge is 0.123 e. The largest absolute Gasteiger partial charge is 0.493 e. The van der Waals surface area contributed by atoms with Gasteiger partial charge in [-0.2, -0.15) is 0 Å². The molecule has 0 heterocycles. The van der Waals surface area contributed by atoms with Gasteiger partial charge in [0.15, 0.2) is 0 Å². The third-order valence-electron chi connectivity index (χ3n) is 2.78. The van der Waals surface area contributed by atoms with Crippen molar-refractivity contribution in [2.24, 2.45) is 0 Å². The summed E-state index contributed by atoms with van der Waals surface area (Å²) in [6, 6.07) is 8.22. The first kappa shape index (κ1) is 16.0. The van der Waals surface area contributed by atoms with E-state index in [1.807, 2.05) is 12.1 Å². The molecule has 0 aromatic heterocycles. The van der Waals surface area contributed by atoms with E-state index in [4.69, 9.17) is 9.47 Å². The molecule has 1 aromatic carbocycles. The number of nitrogens with one attached hydrogen (secondary N) is 1. The number of ether oxygens (including phenoxy) is 2. The number of hydrogen-bond donors (Lipinski definition) is 1. The maximum Gasteiger partial charge on any atom is 0.123 e. The third kappa shape index (κ3) is 7.19. The van der Waals surface area contributed by atoms with E-state index < -0.39 is 0 Å². The van der Waals surface area contributed by atoms with E-state index in [0.29, 0.717) is 0 Å². The maximum absolute atomic E-state index is 5.85. The lowest BCUT2D eigenvalue weighted by Gasteiger charge is -2.21. The summed E-state index contributed by atoms with van der Waals surface area (Å²) in [6.07, 6.45) is 2.06. The Morgan fingerprint density at radius 1 is 1.05 bits per heavy atom. The van der Waals surface area contributed by atoms with E-state index in [1.54, 1.807) is 7.11 Å². The van der Waals surface area contributed by atoms with Gasteiger partial charge >= 0.3 is 0 Å². The van der Waals surface area contributed by atoms with E-state index >= 15 is 0 Å². The van der Waals surface area contributed by atoms with E-state index in [1.165, 1.54) is 5.56 Å². The van der Waals surface area contributed by atoms with Crippen molar-refractivity contribution in [2.75, 3.05) is 20.3 Å². The molecule has 0 unspecified atom stereocenters. The molecule has 0 aliphatic carbocycles. The predicted molar refractivity (Wildman–Crippen MR) is 79.6 cm³/mol. The monoisotopic (exact) mass is 265 g/mol. The van der Waals surface area contributed by atoms with Crippen LogP contribution in [0.3, 0.4) is 0 Å². The number of methoxy groups -OCH3 is 1. The van der Waals surface area contributed by atoms with Gasteiger partial charge < -0.3 is 14.8 Å². The minimum Gasteiger partial charge on any atom is -0.493 e. The molecule has 0 aliphatic rings. The lowest BCUT2D eigenvalue weighted by atomic mass is 10.1. The molecule has 0 bridgehead atoms. The van der Waals surface area contributed by atoms with Crippen LogP contribution in [0.2, 0.25) is 0 Å². The van der Waals surface area contributed by atoms with Crippen molar-refractivity contribution in [3.05, 3.63) is 29.8 Å². The molecule has 1 rings (SSSR count). The second-order valence-corrected chi connectivity index (χ2v) is 5.76. The van der Waals surface area contributed by atoms with Crippen LogP contribution in [0.15, 0.2) is 24.3 Å². The van der Waals surface area contributed by atoms with Gasteiger partial charge in [-0.15, -0.1) is 0 Å². The first-order valence-corrected chi connectivity index (χ1v) is 6.97. The van der Waals surface area contributed by atoms with Crippen LogP contribution in [0, 0.1) is 0 Å². The topological polar surface area (TPSA) is 30.5 Å². The Hall–Kier alpha value is -1.06. The zero-order valence-corrected chi connectivity index (χ0v) is 12.7. The Bertz CT molecular complexity index is 358. The molecule has 0 saturated heterocycles. The van der Waals surface area contributed by atoms with Crippen LogP contribution < -0.4 is 10.1 Å². The molecule has 0 atom stereocenters. The van der Waals surface area contributed by atoms with Gasteiger partial charge in [0.25, 0.3) is 0 Å². The summed E-state index contributed by atoms with van der Waals surface area (Å²) in [5, 5.41) is 3.49. The molecular weight excluding hydrogens is 238 g/mol. The molecule has 3 nitrogen and oxygen atoms in total. The highest BCUT2D eigenvalue weighted by Gasteiger charge is 2.10. The lowest BCUT2D eigenvalue weighted by Crippen LogP contribution is -2.35. The fourth-order valence-corrected chi connectivity index (χ4v) is 1.68. The molecule has 1 aromatic rings. The Labute approximate surface area is 117 Å². The summed E-state index contributed by atoms with van der Waals surface area (Å²) in [5.74, 6) is 0.983. The highest BCUT2D eigenvalue weighted by atomic mass is 16.5. The lowest BCUT2D eigenvalue weighted by molar-refractivity contribution is 0.184. The molecule has 0 saturated carbocycles. The van der Waals surface area contributed by atoms with Crippen molar-refractivity contribution in [1.29, 1.82) is 0 Å². The molecule has 1 N–H and O–H groups in total. The number of para-hydroxylation sites is 1. The van der Waals surface area contributed by atoms with Crippen molar-refractivity contribution in [3.8, 4) is 5.75 Å². The van der Waals surface area contributed by atoms with Crippen LogP contribution in [0.4, 0.5) is 0 Å². The van der Waals surface area contributed by atoms with Gasteiger partial charge in [-0.1, -0.05) is 18.2 Å². The molecule has 3 heteroatoms. The molecule has 0 fully saturated rings. The van der Waals surface area contributed by atoms with Crippen LogP contribution in [-0.4, -0.2) is 25.9 Å². The first-order valence-electron chi connectivity index (χ1n) is 6.97. The summed E-state index contributed by atoms with van der Waals surface area (Å²) in [4.78, 5) is 0. The van der Waals surface area contributed by atoms with Crippen LogP contribution >= 0.6 is 0 Å². The summed E-state index contributed by atoms with van der Waals surface area (Å²) >= 11 is 0. The Morgan fingerprint density at radius 3 is 2.42 bits per heavy atom. The van der Waals surface area contributed by atoms with E-state index in [0.717, 1.165) is 38.3 Å².